The lowest BCUT2D eigenvalue weighted by atomic mass is 9.96. The molecule has 4 heteroatoms. The van der Waals surface area contributed by atoms with Crippen LogP contribution >= 0.6 is 0 Å². The van der Waals surface area contributed by atoms with E-state index in [9.17, 15) is 0 Å². The summed E-state index contributed by atoms with van der Waals surface area (Å²) in [5, 5.41) is 12.2. The predicted octanol–water partition coefficient (Wildman–Crippen LogP) is 3.38. The van der Waals surface area contributed by atoms with Crippen LogP contribution in [-0.2, 0) is 6.54 Å². The monoisotopic (exact) mass is 290 g/mol. The Morgan fingerprint density at radius 1 is 1.24 bits per heavy atom. The largest absolute Gasteiger partial charge is 0.355 e. The molecule has 0 aromatic carbocycles. The topological polar surface area (TPSA) is 41.0 Å². The molecule has 1 atom stereocenters. The van der Waals surface area contributed by atoms with Gasteiger partial charge in [-0.3, -0.25) is 0 Å². The van der Waals surface area contributed by atoms with E-state index in [1.807, 2.05) is 0 Å². The van der Waals surface area contributed by atoms with Crippen LogP contribution in [0.5, 0.6) is 0 Å². The fourth-order valence-electron chi connectivity index (χ4n) is 3.02. The van der Waals surface area contributed by atoms with E-state index in [-0.39, 0.29) is 0 Å². The third-order valence-electron chi connectivity index (χ3n) is 4.27. The minimum absolute atomic E-state index is 0.479. The van der Waals surface area contributed by atoms with E-state index in [4.69, 9.17) is 0 Å². The van der Waals surface area contributed by atoms with Gasteiger partial charge >= 0.3 is 0 Å². The highest BCUT2D eigenvalue weighted by Crippen LogP contribution is 2.24. The molecule has 1 aromatic rings. The van der Waals surface area contributed by atoms with Crippen LogP contribution in [-0.4, -0.2) is 29.3 Å². The van der Waals surface area contributed by atoms with Crippen molar-refractivity contribution < 1.29 is 0 Å². The molecule has 0 bridgehead atoms. The summed E-state index contributed by atoms with van der Waals surface area (Å²) >= 11 is 0. The van der Waals surface area contributed by atoms with Crippen LogP contribution in [0.3, 0.4) is 0 Å². The summed E-state index contributed by atoms with van der Waals surface area (Å²) in [6.07, 6.45) is 6.63. The Labute approximate surface area is 129 Å². The molecule has 118 valence electrons. The summed E-state index contributed by atoms with van der Waals surface area (Å²) in [7, 11) is 0. The van der Waals surface area contributed by atoms with Gasteiger partial charge in [-0.25, -0.2) is 0 Å². The predicted molar refractivity (Wildman–Crippen MR) is 88.5 cm³/mol. The highest BCUT2D eigenvalue weighted by Gasteiger charge is 2.17. The lowest BCUT2D eigenvalue weighted by molar-refractivity contribution is 0.435. The van der Waals surface area contributed by atoms with E-state index < -0.39 is 0 Å². The van der Waals surface area contributed by atoms with Crippen LogP contribution in [0.15, 0.2) is 12.1 Å². The van der Waals surface area contributed by atoms with Gasteiger partial charge in [0.2, 0.25) is 0 Å². The molecule has 1 unspecified atom stereocenters. The van der Waals surface area contributed by atoms with Gasteiger partial charge in [0.15, 0.2) is 5.82 Å². The van der Waals surface area contributed by atoms with Gasteiger partial charge in [0.05, 0.1) is 5.69 Å². The number of aromatic nitrogens is 2. The maximum atomic E-state index is 4.43. The molecule has 0 spiro atoms. The van der Waals surface area contributed by atoms with Crippen molar-refractivity contribution >= 4 is 5.82 Å². The van der Waals surface area contributed by atoms with E-state index in [0.717, 1.165) is 37.1 Å². The van der Waals surface area contributed by atoms with Crippen LogP contribution < -0.4 is 10.2 Å². The Morgan fingerprint density at radius 3 is 2.76 bits per heavy atom. The molecule has 0 saturated carbocycles. The molecule has 0 amide bonds. The zero-order chi connectivity index (χ0) is 15.1. The van der Waals surface area contributed by atoms with E-state index >= 15 is 0 Å². The van der Waals surface area contributed by atoms with Gasteiger partial charge in [-0.05, 0) is 37.3 Å². The van der Waals surface area contributed by atoms with E-state index in [1.54, 1.807) is 0 Å². The average Bonchev–Trinajstić information content (AvgIpc) is 2.72. The van der Waals surface area contributed by atoms with Crippen LogP contribution in [0.25, 0.3) is 0 Å². The van der Waals surface area contributed by atoms with Gasteiger partial charge < -0.3 is 10.2 Å². The molecule has 2 rings (SSSR count). The highest BCUT2D eigenvalue weighted by molar-refractivity contribution is 5.37. The first-order chi connectivity index (χ1) is 10.2. The molecule has 1 aliphatic rings. The molecule has 2 heterocycles. The fraction of sp³-hybridized carbons (Fsp3) is 0.765. The van der Waals surface area contributed by atoms with E-state index in [2.05, 4.69) is 53.3 Å². The van der Waals surface area contributed by atoms with Gasteiger partial charge in [0.1, 0.15) is 0 Å². The van der Waals surface area contributed by atoms with Gasteiger partial charge in [-0.2, -0.15) is 5.10 Å². The summed E-state index contributed by atoms with van der Waals surface area (Å²) in [5.41, 5.74) is 1.02. The first-order valence-electron chi connectivity index (χ1n) is 8.50. The zero-order valence-electron chi connectivity index (χ0n) is 13.8. The maximum absolute atomic E-state index is 4.43. The van der Waals surface area contributed by atoms with Crippen molar-refractivity contribution in [3.8, 4) is 0 Å². The summed E-state index contributed by atoms with van der Waals surface area (Å²) in [5.74, 6) is 1.95. The van der Waals surface area contributed by atoms with Gasteiger partial charge in [-0.1, -0.05) is 33.6 Å². The quantitative estimate of drug-likeness (QED) is 0.872. The lowest BCUT2D eigenvalue weighted by Crippen LogP contribution is -2.26. The molecule has 21 heavy (non-hydrogen) atoms. The average molecular weight is 290 g/mol. The van der Waals surface area contributed by atoms with Crippen molar-refractivity contribution in [3.05, 3.63) is 17.8 Å². The van der Waals surface area contributed by atoms with Crippen LogP contribution in [0.1, 0.15) is 58.6 Å². The van der Waals surface area contributed by atoms with Gasteiger partial charge in [-0.15, -0.1) is 5.10 Å². The molecule has 0 radical (unpaired) electrons. The van der Waals surface area contributed by atoms with Gasteiger partial charge in [0.25, 0.3) is 0 Å². The number of hydrogen-bond acceptors (Lipinski definition) is 4. The Bertz CT molecular complexity index is 402. The Hall–Kier alpha value is -1.16. The number of nitrogens with one attached hydrogen (secondary N) is 1. The Morgan fingerprint density at radius 2 is 2.10 bits per heavy atom. The number of anilines is 1. The van der Waals surface area contributed by atoms with Crippen molar-refractivity contribution in [1.29, 1.82) is 0 Å². The fourth-order valence-corrected chi connectivity index (χ4v) is 3.02. The molecule has 0 aliphatic carbocycles. The molecular weight excluding hydrogens is 260 g/mol. The van der Waals surface area contributed by atoms with E-state index in [0.29, 0.717) is 6.04 Å². The molecular formula is C17H30N4. The van der Waals surface area contributed by atoms with Crippen LogP contribution in [0.4, 0.5) is 5.82 Å². The second-order valence-corrected chi connectivity index (χ2v) is 6.49. The second kappa shape index (κ2) is 8.32. The van der Waals surface area contributed by atoms with Crippen LogP contribution in [0.2, 0.25) is 0 Å². The minimum Gasteiger partial charge on any atom is -0.355 e. The number of nitrogens with zero attached hydrogens (tertiary/aromatic N) is 3. The highest BCUT2D eigenvalue weighted by atomic mass is 15.3. The van der Waals surface area contributed by atoms with Crippen molar-refractivity contribution in [1.82, 2.24) is 15.5 Å². The number of hydrogen-bond donors (Lipinski definition) is 1. The molecule has 1 N–H and O–H groups in total. The standard InChI is InChI=1S/C17H30N4/c1-4-6-15-7-5-11-21(12-10-15)17-9-8-16(19-20-17)13-18-14(2)3/h8-9,14-15,18H,4-7,10-13H2,1-3H3. The molecule has 1 aliphatic heterocycles. The summed E-state index contributed by atoms with van der Waals surface area (Å²) < 4.78 is 0. The van der Waals surface area contributed by atoms with Crippen molar-refractivity contribution in [2.45, 2.75) is 65.5 Å². The smallest absolute Gasteiger partial charge is 0.151 e. The SMILES string of the molecule is CCCC1CCCN(c2ccc(CNC(C)C)nn2)CC1. The summed E-state index contributed by atoms with van der Waals surface area (Å²) in [6.45, 7) is 9.63. The van der Waals surface area contributed by atoms with Crippen molar-refractivity contribution in [3.63, 3.8) is 0 Å². The maximum Gasteiger partial charge on any atom is 0.151 e. The Kier molecular flexibility index (Phi) is 6.43. The van der Waals surface area contributed by atoms with E-state index in [1.165, 1.54) is 32.1 Å². The first kappa shape index (κ1) is 16.2. The third-order valence-corrected chi connectivity index (χ3v) is 4.27. The summed E-state index contributed by atoms with van der Waals surface area (Å²) in [4.78, 5) is 2.41. The number of rotatable bonds is 6. The second-order valence-electron chi connectivity index (χ2n) is 6.49. The van der Waals surface area contributed by atoms with Crippen LogP contribution in [0, 0.1) is 5.92 Å². The van der Waals surface area contributed by atoms with Crippen molar-refractivity contribution in [2.75, 3.05) is 18.0 Å². The molecule has 4 nitrogen and oxygen atoms in total. The normalized spacial score (nSPS) is 19.8. The minimum atomic E-state index is 0.479. The zero-order valence-corrected chi connectivity index (χ0v) is 13.8. The third kappa shape index (κ3) is 5.27. The molecule has 1 saturated heterocycles. The Balaban J connectivity index is 1.89. The van der Waals surface area contributed by atoms with Gasteiger partial charge in [0, 0.05) is 25.7 Å². The molecule has 1 aromatic heterocycles. The lowest BCUT2D eigenvalue weighted by Gasteiger charge is -2.21. The van der Waals surface area contributed by atoms with Crippen molar-refractivity contribution in [2.24, 2.45) is 5.92 Å². The first-order valence-corrected chi connectivity index (χ1v) is 8.50. The summed E-state index contributed by atoms with van der Waals surface area (Å²) in [6, 6.07) is 4.71. The molecule has 1 fully saturated rings.